The van der Waals surface area contributed by atoms with Crippen LogP contribution in [0.5, 0.6) is 11.5 Å². The molecule has 0 unspecified atom stereocenters. The van der Waals surface area contributed by atoms with Crippen LogP contribution in [0.4, 0.5) is 11.4 Å². The summed E-state index contributed by atoms with van der Waals surface area (Å²) in [6.45, 7) is 4.40. The van der Waals surface area contributed by atoms with Crippen molar-refractivity contribution in [3.05, 3.63) is 108 Å². The van der Waals surface area contributed by atoms with Gasteiger partial charge in [-0.2, -0.15) is 0 Å². The van der Waals surface area contributed by atoms with Crippen LogP contribution in [0, 0.1) is 0 Å². The second-order valence-corrected chi connectivity index (χ2v) is 11.2. The van der Waals surface area contributed by atoms with E-state index in [0.717, 1.165) is 46.7 Å². The molecule has 0 atom stereocenters. The first-order valence-electron chi connectivity index (χ1n) is 15.4. The van der Waals surface area contributed by atoms with E-state index in [4.69, 9.17) is 19.9 Å². The molecular formula is C36H38N4O5. The van der Waals surface area contributed by atoms with Crippen LogP contribution >= 0.6 is 0 Å². The van der Waals surface area contributed by atoms with Gasteiger partial charge in [-0.25, -0.2) is 0 Å². The Morgan fingerprint density at radius 2 is 1.60 bits per heavy atom. The number of hydrogen-bond donors (Lipinski definition) is 2. The maximum Gasteiger partial charge on any atom is 0.254 e. The van der Waals surface area contributed by atoms with Crippen molar-refractivity contribution >= 4 is 23.2 Å². The zero-order chi connectivity index (χ0) is 31.0. The number of ether oxygens (including phenoxy) is 3. The van der Waals surface area contributed by atoms with Crippen molar-refractivity contribution in [1.29, 1.82) is 0 Å². The highest BCUT2D eigenvalue weighted by atomic mass is 16.7. The standard InChI is InChI=1S/C36H38N4O5/c37-14-5-15-40(36(42)30-11-13-33-34(23-30)45-25-44-33)24-27-8-4-9-28(20-27)29-10-12-32(39-16-18-43-19-17-39)31(22-29)38-35(41)21-26-6-2-1-3-7-26/h1-4,6-13,20,22-23H,5,14-19,21,24-25,37H2,(H,38,41). The van der Waals surface area contributed by atoms with E-state index in [9.17, 15) is 9.59 Å². The molecule has 0 aliphatic carbocycles. The number of carbonyl (C=O) groups is 2. The Labute approximate surface area is 263 Å². The van der Waals surface area contributed by atoms with Gasteiger partial charge in [-0.3, -0.25) is 9.59 Å². The molecule has 2 amide bonds. The van der Waals surface area contributed by atoms with Gasteiger partial charge in [0.1, 0.15) is 0 Å². The molecule has 4 aromatic carbocycles. The zero-order valence-electron chi connectivity index (χ0n) is 25.2. The van der Waals surface area contributed by atoms with E-state index in [1.54, 1.807) is 18.2 Å². The number of anilines is 2. The normalized spacial score (nSPS) is 13.8. The lowest BCUT2D eigenvalue weighted by molar-refractivity contribution is -0.115. The van der Waals surface area contributed by atoms with Gasteiger partial charge in [0, 0.05) is 31.7 Å². The van der Waals surface area contributed by atoms with Crippen molar-refractivity contribution in [3.8, 4) is 22.6 Å². The van der Waals surface area contributed by atoms with Gasteiger partial charge in [-0.1, -0.05) is 54.6 Å². The smallest absolute Gasteiger partial charge is 0.254 e. The molecule has 3 N–H and O–H groups in total. The van der Waals surface area contributed by atoms with E-state index in [0.29, 0.717) is 62.8 Å². The van der Waals surface area contributed by atoms with Gasteiger partial charge in [0.25, 0.3) is 5.91 Å². The van der Waals surface area contributed by atoms with E-state index in [1.165, 1.54) is 0 Å². The van der Waals surface area contributed by atoms with Gasteiger partial charge in [-0.05, 0) is 71.6 Å². The lowest BCUT2D eigenvalue weighted by Crippen LogP contribution is -2.36. The molecule has 9 heteroatoms. The van der Waals surface area contributed by atoms with E-state index < -0.39 is 0 Å². The third-order valence-corrected chi connectivity index (χ3v) is 8.00. The summed E-state index contributed by atoms with van der Waals surface area (Å²) < 4.78 is 16.5. The monoisotopic (exact) mass is 606 g/mol. The maximum absolute atomic E-state index is 13.6. The van der Waals surface area contributed by atoms with Crippen LogP contribution < -0.4 is 25.4 Å². The largest absolute Gasteiger partial charge is 0.454 e. The summed E-state index contributed by atoms with van der Waals surface area (Å²) in [5, 5.41) is 3.18. The summed E-state index contributed by atoms with van der Waals surface area (Å²) >= 11 is 0. The van der Waals surface area contributed by atoms with Gasteiger partial charge >= 0.3 is 0 Å². The zero-order valence-corrected chi connectivity index (χ0v) is 25.2. The van der Waals surface area contributed by atoms with Gasteiger partial charge < -0.3 is 35.1 Å². The van der Waals surface area contributed by atoms with Crippen LogP contribution in [0.2, 0.25) is 0 Å². The molecule has 0 aromatic heterocycles. The number of benzene rings is 4. The van der Waals surface area contributed by atoms with Gasteiger partial charge in [0.05, 0.1) is 31.0 Å². The first kappa shape index (κ1) is 30.2. The lowest BCUT2D eigenvalue weighted by Gasteiger charge is -2.31. The molecule has 2 aliphatic rings. The molecule has 2 aliphatic heterocycles. The highest BCUT2D eigenvalue weighted by Gasteiger charge is 2.21. The Balaban J connectivity index is 1.24. The third-order valence-electron chi connectivity index (χ3n) is 8.00. The molecule has 232 valence electrons. The summed E-state index contributed by atoms with van der Waals surface area (Å²) in [6.07, 6.45) is 0.976. The molecule has 4 aromatic rings. The highest BCUT2D eigenvalue weighted by molar-refractivity contribution is 5.97. The first-order chi connectivity index (χ1) is 22.1. The second kappa shape index (κ2) is 14.3. The Bertz CT molecular complexity index is 1640. The first-order valence-corrected chi connectivity index (χ1v) is 15.4. The van der Waals surface area contributed by atoms with Crippen molar-refractivity contribution in [1.82, 2.24) is 4.90 Å². The molecule has 1 fully saturated rings. The summed E-state index contributed by atoms with van der Waals surface area (Å²) in [7, 11) is 0. The minimum Gasteiger partial charge on any atom is -0.454 e. The predicted molar refractivity (Wildman–Crippen MR) is 175 cm³/mol. The van der Waals surface area contributed by atoms with Crippen LogP contribution in [0.1, 0.15) is 27.9 Å². The van der Waals surface area contributed by atoms with E-state index in [-0.39, 0.29) is 18.6 Å². The average Bonchev–Trinajstić information content (AvgIpc) is 3.55. The molecule has 6 rings (SSSR count). The van der Waals surface area contributed by atoms with Crippen molar-refractivity contribution in [2.45, 2.75) is 19.4 Å². The van der Waals surface area contributed by atoms with Crippen LogP contribution in [-0.4, -0.2) is 62.9 Å². The van der Waals surface area contributed by atoms with Crippen molar-refractivity contribution in [2.24, 2.45) is 5.73 Å². The maximum atomic E-state index is 13.6. The third kappa shape index (κ3) is 7.45. The van der Waals surface area contributed by atoms with Gasteiger partial charge in [0.15, 0.2) is 11.5 Å². The van der Waals surface area contributed by atoms with Gasteiger partial charge in [0.2, 0.25) is 12.7 Å². The van der Waals surface area contributed by atoms with E-state index in [2.05, 4.69) is 28.4 Å². The Kier molecular flexibility index (Phi) is 9.58. The fourth-order valence-corrected chi connectivity index (χ4v) is 5.69. The van der Waals surface area contributed by atoms with Crippen LogP contribution in [0.25, 0.3) is 11.1 Å². The van der Waals surface area contributed by atoms with Crippen molar-refractivity contribution < 1.29 is 23.8 Å². The van der Waals surface area contributed by atoms with Crippen molar-refractivity contribution in [3.63, 3.8) is 0 Å². The highest BCUT2D eigenvalue weighted by Crippen LogP contribution is 2.34. The number of morpholine rings is 1. The molecule has 0 saturated carbocycles. The van der Waals surface area contributed by atoms with Crippen LogP contribution in [0.3, 0.4) is 0 Å². The predicted octanol–water partition coefficient (Wildman–Crippen LogP) is 5.09. The molecular weight excluding hydrogens is 568 g/mol. The molecule has 0 spiro atoms. The summed E-state index contributed by atoms with van der Waals surface area (Å²) in [5.74, 6) is 1.06. The number of rotatable bonds is 11. The lowest BCUT2D eigenvalue weighted by atomic mass is 10.0. The molecule has 0 bridgehead atoms. The summed E-state index contributed by atoms with van der Waals surface area (Å²) in [4.78, 5) is 30.8. The molecule has 0 radical (unpaired) electrons. The SMILES string of the molecule is NCCCN(Cc1cccc(-c2ccc(N3CCOCC3)c(NC(=O)Cc3ccccc3)c2)c1)C(=O)c1ccc2c(c1)OCO2. The number of nitrogens with zero attached hydrogens (tertiary/aromatic N) is 2. The molecule has 45 heavy (non-hydrogen) atoms. The molecule has 2 heterocycles. The summed E-state index contributed by atoms with van der Waals surface area (Å²) in [6, 6.07) is 29.4. The van der Waals surface area contributed by atoms with Crippen LogP contribution in [-0.2, 0) is 22.5 Å². The fraction of sp³-hybridized carbons (Fsp3) is 0.278. The minimum atomic E-state index is -0.0922. The van der Waals surface area contributed by atoms with Crippen LogP contribution in [0.15, 0.2) is 91.0 Å². The quantitative estimate of drug-likeness (QED) is 0.245. The number of nitrogens with one attached hydrogen (secondary N) is 1. The topological polar surface area (TPSA) is 106 Å². The Morgan fingerprint density at radius 3 is 2.42 bits per heavy atom. The molecule has 1 saturated heterocycles. The molecule has 9 nitrogen and oxygen atoms in total. The van der Waals surface area contributed by atoms with Gasteiger partial charge in [-0.15, -0.1) is 0 Å². The second-order valence-electron chi connectivity index (χ2n) is 11.2. The Morgan fingerprint density at radius 1 is 0.822 bits per heavy atom. The average molecular weight is 607 g/mol. The number of carbonyl (C=O) groups excluding carboxylic acids is 2. The van der Waals surface area contributed by atoms with E-state index >= 15 is 0 Å². The Hall–Kier alpha value is -4.86. The minimum absolute atomic E-state index is 0.0702. The summed E-state index contributed by atoms with van der Waals surface area (Å²) in [5.41, 5.74) is 12.0. The van der Waals surface area contributed by atoms with E-state index in [1.807, 2.05) is 59.5 Å². The van der Waals surface area contributed by atoms with Crippen molar-refractivity contribution in [2.75, 3.05) is 56.4 Å². The number of amides is 2. The number of hydrogen-bond acceptors (Lipinski definition) is 7. The fourth-order valence-electron chi connectivity index (χ4n) is 5.69. The number of nitrogens with two attached hydrogens (primary N) is 1. The number of fused-ring (bicyclic) bond motifs is 1.